The van der Waals surface area contributed by atoms with Crippen LogP contribution in [0.25, 0.3) is 0 Å². The summed E-state index contributed by atoms with van der Waals surface area (Å²) in [5, 5.41) is 5.05. The highest BCUT2D eigenvalue weighted by Crippen LogP contribution is 2.11. The van der Waals surface area contributed by atoms with Gasteiger partial charge in [-0.2, -0.15) is 0 Å². The Labute approximate surface area is 106 Å². The van der Waals surface area contributed by atoms with Crippen LogP contribution in [-0.2, 0) is 19.4 Å². The van der Waals surface area contributed by atoms with Gasteiger partial charge in [0.2, 0.25) is 5.91 Å². The summed E-state index contributed by atoms with van der Waals surface area (Å²) >= 11 is 0. The van der Waals surface area contributed by atoms with Crippen LogP contribution in [0.15, 0.2) is 0 Å². The fourth-order valence-corrected chi connectivity index (χ4v) is 3.34. The van der Waals surface area contributed by atoms with Crippen LogP contribution >= 0.6 is 0 Å². The van der Waals surface area contributed by atoms with Crippen LogP contribution in [0.3, 0.4) is 0 Å². The third-order valence-corrected chi connectivity index (χ3v) is 4.26. The molecular weight excluding hydrogens is 260 g/mol. The number of sulfone groups is 1. The first-order valence-corrected chi connectivity index (χ1v) is 7.65. The number of carbonyl (C=O) groups is 2. The molecule has 1 atom stereocenters. The van der Waals surface area contributed by atoms with E-state index in [-0.39, 0.29) is 43.0 Å². The average molecular weight is 278 g/mol. The van der Waals surface area contributed by atoms with Crippen molar-refractivity contribution in [3.63, 3.8) is 0 Å². The Hall–Kier alpha value is -1.31. The molecular formula is C10H18N2O5S. The number of amides is 2. The van der Waals surface area contributed by atoms with E-state index in [4.69, 9.17) is 0 Å². The van der Waals surface area contributed by atoms with Gasteiger partial charge in [-0.05, 0) is 13.3 Å². The topological polar surface area (TPSA) is 102 Å². The van der Waals surface area contributed by atoms with Crippen molar-refractivity contribution in [2.24, 2.45) is 0 Å². The molecule has 1 fully saturated rings. The molecule has 7 nitrogen and oxygen atoms in total. The fourth-order valence-electron chi connectivity index (χ4n) is 1.67. The van der Waals surface area contributed by atoms with Gasteiger partial charge in [0.1, 0.15) is 0 Å². The molecule has 1 aliphatic heterocycles. The molecule has 0 aliphatic carbocycles. The molecule has 0 aromatic heterocycles. The minimum absolute atomic E-state index is 0.00401. The van der Waals surface area contributed by atoms with Gasteiger partial charge in [0.25, 0.3) is 0 Å². The van der Waals surface area contributed by atoms with Crippen molar-refractivity contribution >= 4 is 21.8 Å². The molecule has 0 bridgehead atoms. The van der Waals surface area contributed by atoms with Crippen molar-refractivity contribution in [1.29, 1.82) is 0 Å². The predicted molar refractivity (Wildman–Crippen MR) is 64.8 cm³/mol. The first kappa shape index (κ1) is 14.7. The van der Waals surface area contributed by atoms with Crippen molar-refractivity contribution < 1.29 is 22.7 Å². The maximum Gasteiger partial charge on any atom is 0.407 e. The van der Waals surface area contributed by atoms with Gasteiger partial charge < -0.3 is 15.4 Å². The monoisotopic (exact) mass is 278 g/mol. The molecule has 0 spiro atoms. The van der Waals surface area contributed by atoms with E-state index in [0.29, 0.717) is 6.42 Å². The zero-order valence-electron chi connectivity index (χ0n) is 10.3. The smallest absolute Gasteiger partial charge is 0.407 e. The number of hydrogen-bond acceptors (Lipinski definition) is 5. The van der Waals surface area contributed by atoms with Crippen LogP contribution in [0.2, 0.25) is 0 Å². The summed E-state index contributed by atoms with van der Waals surface area (Å²) in [4.78, 5) is 22.4. The van der Waals surface area contributed by atoms with E-state index in [2.05, 4.69) is 15.4 Å². The van der Waals surface area contributed by atoms with Crippen LogP contribution in [0.1, 0.15) is 19.8 Å². The largest absolute Gasteiger partial charge is 0.450 e. The van der Waals surface area contributed by atoms with Gasteiger partial charge in [0.15, 0.2) is 9.84 Å². The normalized spacial score (nSPS) is 21.3. The first-order valence-electron chi connectivity index (χ1n) is 5.83. The van der Waals surface area contributed by atoms with Gasteiger partial charge in [0, 0.05) is 19.0 Å². The average Bonchev–Trinajstić information content (AvgIpc) is 2.58. The van der Waals surface area contributed by atoms with E-state index < -0.39 is 15.9 Å². The van der Waals surface area contributed by atoms with E-state index in [0.717, 1.165) is 0 Å². The van der Waals surface area contributed by atoms with Crippen LogP contribution < -0.4 is 10.6 Å². The van der Waals surface area contributed by atoms with Crippen LogP contribution in [0, 0.1) is 0 Å². The highest BCUT2D eigenvalue weighted by molar-refractivity contribution is 7.91. The number of carbonyl (C=O) groups excluding carboxylic acids is 2. The molecule has 18 heavy (non-hydrogen) atoms. The lowest BCUT2D eigenvalue weighted by Crippen LogP contribution is -2.37. The lowest BCUT2D eigenvalue weighted by Gasteiger charge is -2.10. The Morgan fingerprint density at radius 3 is 2.67 bits per heavy atom. The third kappa shape index (κ3) is 5.35. The van der Waals surface area contributed by atoms with Crippen LogP contribution in [-0.4, -0.2) is 51.1 Å². The molecule has 0 saturated carbocycles. The number of hydrogen-bond donors (Lipinski definition) is 2. The summed E-state index contributed by atoms with van der Waals surface area (Å²) in [5.74, 6) is -0.141. The maximum absolute atomic E-state index is 11.5. The van der Waals surface area contributed by atoms with Gasteiger partial charge in [-0.25, -0.2) is 13.2 Å². The number of rotatable bonds is 5. The van der Waals surface area contributed by atoms with Gasteiger partial charge in [-0.3, -0.25) is 4.79 Å². The number of nitrogens with one attached hydrogen (secondary N) is 2. The molecule has 0 aromatic carbocycles. The standard InChI is InChI=1S/C10H18N2O5S/c1-2-17-10(14)11-5-3-9(13)12-8-4-6-18(15,16)7-8/h8H,2-7H2,1H3,(H,11,14)(H,12,13). The second-order valence-electron chi connectivity index (χ2n) is 4.06. The van der Waals surface area contributed by atoms with E-state index in [1.54, 1.807) is 6.92 Å². The number of alkyl carbamates (subject to hydrolysis) is 1. The SMILES string of the molecule is CCOC(=O)NCCC(=O)NC1CCS(=O)(=O)C1. The van der Waals surface area contributed by atoms with Gasteiger partial charge in [-0.1, -0.05) is 0 Å². The molecule has 2 N–H and O–H groups in total. The Morgan fingerprint density at radius 2 is 2.11 bits per heavy atom. The molecule has 1 heterocycles. The van der Waals surface area contributed by atoms with Crippen molar-refractivity contribution in [2.75, 3.05) is 24.7 Å². The Bertz CT molecular complexity index is 406. The quantitative estimate of drug-likeness (QED) is 0.701. The second-order valence-corrected chi connectivity index (χ2v) is 6.29. The van der Waals surface area contributed by atoms with Gasteiger partial charge >= 0.3 is 6.09 Å². The van der Waals surface area contributed by atoms with Crippen molar-refractivity contribution in [3.8, 4) is 0 Å². The number of ether oxygens (including phenoxy) is 1. The minimum atomic E-state index is -2.99. The van der Waals surface area contributed by atoms with E-state index in [1.807, 2.05) is 0 Å². The molecule has 1 saturated heterocycles. The fraction of sp³-hybridized carbons (Fsp3) is 0.800. The first-order chi connectivity index (χ1) is 8.43. The Morgan fingerprint density at radius 1 is 1.39 bits per heavy atom. The lowest BCUT2D eigenvalue weighted by molar-refractivity contribution is -0.121. The molecule has 1 aliphatic rings. The second kappa shape index (κ2) is 6.58. The van der Waals surface area contributed by atoms with E-state index in [1.165, 1.54) is 0 Å². The summed E-state index contributed by atoms with van der Waals surface area (Å²) in [6.45, 7) is 2.13. The summed E-state index contributed by atoms with van der Waals surface area (Å²) in [5.41, 5.74) is 0. The van der Waals surface area contributed by atoms with Gasteiger partial charge in [-0.15, -0.1) is 0 Å². The summed E-state index contributed by atoms with van der Waals surface area (Å²) in [7, 11) is -2.99. The summed E-state index contributed by atoms with van der Waals surface area (Å²) in [6, 6.07) is -0.301. The van der Waals surface area contributed by atoms with E-state index >= 15 is 0 Å². The van der Waals surface area contributed by atoms with Crippen LogP contribution in [0.4, 0.5) is 4.79 Å². The third-order valence-electron chi connectivity index (χ3n) is 2.49. The minimum Gasteiger partial charge on any atom is -0.450 e. The van der Waals surface area contributed by atoms with Crippen molar-refractivity contribution in [1.82, 2.24) is 10.6 Å². The van der Waals surface area contributed by atoms with Crippen molar-refractivity contribution in [3.05, 3.63) is 0 Å². The molecule has 2 amide bonds. The summed E-state index contributed by atoms with van der Waals surface area (Å²) in [6.07, 6.45) is 0.00288. The molecule has 0 aromatic rings. The van der Waals surface area contributed by atoms with E-state index in [9.17, 15) is 18.0 Å². The molecule has 1 rings (SSSR count). The highest BCUT2D eigenvalue weighted by Gasteiger charge is 2.28. The lowest BCUT2D eigenvalue weighted by atomic mass is 10.2. The Kier molecular flexibility index (Phi) is 5.39. The zero-order valence-corrected chi connectivity index (χ0v) is 11.1. The van der Waals surface area contributed by atoms with Crippen LogP contribution in [0.5, 0.6) is 0 Å². The Balaban J connectivity index is 2.17. The zero-order chi connectivity index (χ0) is 13.6. The van der Waals surface area contributed by atoms with Crippen molar-refractivity contribution in [2.45, 2.75) is 25.8 Å². The molecule has 0 radical (unpaired) electrons. The maximum atomic E-state index is 11.5. The highest BCUT2D eigenvalue weighted by atomic mass is 32.2. The molecule has 104 valence electrons. The molecule has 1 unspecified atom stereocenters. The van der Waals surface area contributed by atoms with Gasteiger partial charge in [0.05, 0.1) is 18.1 Å². The molecule has 8 heteroatoms. The predicted octanol–water partition coefficient (Wildman–Crippen LogP) is -0.574. The summed E-state index contributed by atoms with van der Waals surface area (Å²) < 4.78 is 27.0.